The highest BCUT2D eigenvalue weighted by Crippen LogP contribution is 2.23. The van der Waals surface area contributed by atoms with Crippen LogP contribution in [0, 0.1) is 0 Å². The van der Waals surface area contributed by atoms with Crippen LogP contribution >= 0.6 is 11.3 Å². The molecular weight excluding hydrogens is 258 g/mol. The summed E-state index contributed by atoms with van der Waals surface area (Å²) in [6.45, 7) is 0. The molecule has 0 atom stereocenters. The Bertz CT molecular complexity index is 709. The Kier molecular flexibility index (Phi) is 3.20. The van der Waals surface area contributed by atoms with Gasteiger partial charge in [0.25, 0.3) is 0 Å². The van der Waals surface area contributed by atoms with Crippen LogP contribution in [0.4, 0.5) is 5.82 Å². The Balaban J connectivity index is 1.78. The minimum absolute atomic E-state index is 0.0719. The molecule has 5 heteroatoms. The van der Waals surface area contributed by atoms with Gasteiger partial charge in [0, 0.05) is 0 Å². The molecule has 0 aliphatic carbocycles. The molecule has 1 amide bonds. The molecule has 0 saturated carbocycles. The molecule has 3 rings (SSSR count). The van der Waals surface area contributed by atoms with Gasteiger partial charge in [-0.25, -0.2) is 9.97 Å². The second-order valence-electron chi connectivity index (χ2n) is 4.07. The molecule has 0 unspecified atom stereocenters. The van der Waals surface area contributed by atoms with E-state index in [9.17, 15) is 4.79 Å². The molecule has 0 bridgehead atoms. The van der Waals surface area contributed by atoms with Crippen LogP contribution in [0.25, 0.3) is 10.2 Å². The zero-order valence-corrected chi connectivity index (χ0v) is 10.9. The molecule has 94 valence electrons. The van der Waals surface area contributed by atoms with Crippen LogP contribution < -0.4 is 5.32 Å². The number of carbonyl (C=O) groups excluding carboxylic acids is 1. The summed E-state index contributed by atoms with van der Waals surface area (Å²) in [6.07, 6.45) is 1.81. The van der Waals surface area contributed by atoms with E-state index in [1.807, 2.05) is 41.8 Å². The quantitative estimate of drug-likeness (QED) is 0.795. The fraction of sp³-hybridized carbons (Fsp3) is 0.0714. The highest BCUT2D eigenvalue weighted by molar-refractivity contribution is 7.16. The number of amides is 1. The lowest BCUT2D eigenvalue weighted by Gasteiger charge is -2.05. The first-order valence-electron chi connectivity index (χ1n) is 5.85. The number of nitrogens with zero attached hydrogens (tertiary/aromatic N) is 2. The van der Waals surface area contributed by atoms with E-state index in [0.29, 0.717) is 12.2 Å². The highest BCUT2D eigenvalue weighted by Gasteiger charge is 2.09. The minimum Gasteiger partial charge on any atom is -0.310 e. The van der Waals surface area contributed by atoms with Crippen LogP contribution in [0.5, 0.6) is 0 Å². The van der Waals surface area contributed by atoms with E-state index < -0.39 is 0 Å². The SMILES string of the molecule is O=C(Cc1ccccc1)Nc1ncnc2sccc12. The third kappa shape index (κ3) is 2.61. The van der Waals surface area contributed by atoms with Gasteiger partial charge in [-0.2, -0.15) is 0 Å². The van der Waals surface area contributed by atoms with Crippen molar-refractivity contribution in [1.82, 2.24) is 9.97 Å². The van der Waals surface area contributed by atoms with E-state index in [0.717, 1.165) is 15.8 Å². The van der Waals surface area contributed by atoms with Crippen molar-refractivity contribution in [2.45, 2.75) is 6.42 Å². The number of anilines is 1. The van der Waals surface area contributed by atoms with Gasteiger partial charge in [-0.05, 0) is 17.0 Å². The van der Waals surface area contributed by atoms with E-state index in [1.165, 1.54) is 17.7 Å². The molecule has 0 saturated heterocycles. The molecule has 0 radical (unpaired) electrons. The fourth-order valence-electron chi connectivity index (χ4n) is 1.85. The lowest BCUT2D eigenvalue weighted by Crippen LogP contribution is -2.15. The normalized spacial score (nSPS) is 10.5. The Morgan fingerprint density at radius 3 is 2.84 bits per heavy atom. The van der Waals surface area contributed by atoms with Gasteiger partial charge in [0.1, 0.15) is 17.0 Å². The summed E-state index contributed by atoms with van der Waals surface area (Å²) in [7, 11) is 0. The third-order valence-electron chi connectivity index (χ3n) is 2.73. The van der Waals surface area contributed by atoms with Crippen molar-refractivity contribution in [2.75, 3.05) is 5.32 Å². The molecule has 1 N–H and O–H groups in total. The van der Waals surface area contributed by atoms with Crippen molar-refractivity contribution < 1.29 is 4.79 Å². The Morgan fingerprint density at radius 2 is 2.00 bits per heavy atom. The average Bonchev–Trinajstić information content (AvgIpc) is 2.89. The van der Waals surface area contributed by atoms with Crippen LogP contribution in [-0.4, -0.2) is 15.9 Å². The third-order valence-corrected chi connectivity index (χ3v) is 3.55. The molecule has 0 aliphatic rings. The van der Waals surface area contributed by atoms with Crippen molar-refractivity contribution in [2.24, 2.45) is 0 Å². The Hall–Kier alpha value is -2.27. The summed E-state index contributed by atoms with van der Waals surface area (Å²) in [5, 5.41) is 5.66. The molecule has 0 aliphatic heterocycles. The van der Waals surface area contributed by atoms with Crippen LogP contribution in [-0.2, 0) is 11.2 Å². The van der Waals surface area contributed by atoms with Gasteiger partial charge in [-0.1, -0.05) is 30.3 Å². The maximum atomic E-state index is 12.0. The summed E-state index contributed by atoms with van der Waals surface area (Å²) in [5.74, 6) is 0.504. The van der Waals surface area contributed by atoms with Gasteiger partial charge in [0.2, 0.25) is 5.91 Å². The average molecular weight is 269 g/mol. The maximum absolute atomic E-state index is 12.0. The second-order valence-corrected chi connectivity index (χ2v) is 4.97. The molecular formula is C14H11N3OS. The highest BCUT2D eigenvalue weighted by atomic mass is 32.1. The zero-order chi connectivity index (χ0) is 13.1. The topological polar surface area (TPSA) is 54.9 Å². The molecule has 2 aromatic heterocycles. The number of rotatable bonds is 3. The fourth-order valence-corrected chi connectivity index (χ4v) is 2.58. The number of benzene rings is 1. The van der Waals surface area contributed by atoms with Gasteiger partial charge in [0.15, 0.2) is 0 Å². The molecule has 19 heavy (non-hydrogen) atoms. The van der Waals surface area contributed by atoms with Crippen LogP contribution in [0.1, 0.15) is 5.56 Å². The maximum Gasteiger partial charge on any atom is 0.229 e. The number of aromatic nitrogens is 2. The van der Waals surface area contributed by atoms with E-state index in [2.05, 4.69) is 15.3 Å². The van der Waals surface area contributed by atoms with E-state index in [-0.39, 0.29) is 5.91 Å². The number of fused-ring (bicyclic) bond motifs is 1. The molecule has 1 aromatic carbocycles. The smallest absolute Gasteiger partial charge is 0.229 e. The van der Waals surface area contributed by atoms with Gasteiger partial charge in [-0.3, -0.25) is 4.79 Å². The zero-order valence-electron chi connectivity index (χ0n) is 10.0. The first-order valence-corrected chi connectivity index (χ1v) is 6.73. The molecule has 0 spiro atoms. The van der Waals surface area contributed by atoms with Crippen molar-refractivity contribution >= 4 is 33.3 Å². The summed E-state index contributed by atoms with van der Waals surface area (Å²) < 4.78 is 0. The lowest BCUT2D eigenvalue weighted by molar-refractivity contribution is -0.115. The first-order chi connectivity index (χ1) is 9.33. The number of carbonyl (C=O) groups is 1. The van der Waals surface area contributed by atoms with Gasteiger partial charge in [0.05, 0.1) is 11.8 Å². The van der Waals surface area contributed by atoms with E-state index >= 15 is 0 Å². The van der Waals surface area contributed by atoms with Crippen molar-refractivity contribution in [3.05, 3.63) is 53.7 Å². The van der Waals surface area contributed by atoms with Gasteiger partial charge < -0.3 is 5.32 Å². The molecule has 3 aromatic rings. The van der Waals surface area contributed by atoms with E-state index in [4.69, 9.17) is 0 Å². The van der Waals surface area contributed by atoms with Gasteiger partial charge in [-0.15, -0.1) is 11.3 Å². The predicted molar refractivity (Wildman–Crippen MR) is 76.2 cm³/mol. The van der Waals surface area contributed by atoms with Crippen LogP contribution in [0.2, 0.25) is 0 Å². The largest absolute Gasteiger partial charge is 0.310 e. The number of hydrogen-bond acceptors (Lipinski definition) is 4. The van der Waals surface area contributed by atoms with Gasteiger partial charge >= 0.3 is 0 Å². The second kappa shape index (κ2) is 5.16. The molecule has 0 fully saturated rings. The van der Waals surface area contributed by atoms with Crippen LogP contribution in [0.15, 0.2) is 48.1 Å². The summed E-state index contributed by atoms with van der Waals surface area (Å²) in [6, 6.07) is 11.5. The standard InChI is InChI=1S/C14H11N3OS/c18-12(8-10-4-2-1-3-5-10)17-13-11-6-7-19-14(11)16-9-15-13/h1-7,9H,8H2,(H,15,16,17,18). The first kappa shape index (κ1) is 11.8. The van der Waals surface area contributed by atoms with E-state index in [1.54, 1.807) is 0 Å². The van der Waals surface area contributed by atoms with Crippen LogP contribution in [0.3, 0.4) is 0 Å². The monoisotopic (exact) mass is 269 g/mol. The lowest BCUT2D eigenvalue weighted by atomic mass is 10.1. The minimum atomic E-state index is -0.0719. The molecule has 4 nitrogen and oxygen atoms in total. The summed E-state index contributed by atoms with van der Waals surface area (Å²) in [5.41, 5.74) is 0.982. The van der Waals surface area contributed by atoms with Crippen molar-refractivity contribution in [3.8, 4) is 0 Å². The number of hydrogen-bond donors (Lipinski definition) is 1. The Morgan fingerprint density at radius 1 is 1.16 bits per heavy atom. The Labute approximate surface area is 114 Å². The summed E-state index contributed by atoms with van der Waals surface area (Å²) in [4.78, 5) is 21.1. The summed E-state index contributed by atoms with van der Waals surface area (Å²) >= 11 is 1.53. The van der Waals surface area contributed by atoms with Crippen molar-refractivity contribution in [1.29, 1.82) is 0 Å². The van der Waals surface area contributed by atoms with Crippen molar-refractivity contribution in [3.63, 3.8) is 0 Å². The molecule has 2 heterocycles. The number of thiophene rings is 1. The predicted octanol–water partition coefficient (Wildman–Crippen LogP) is 2.87. The number of nitrogens with one attached hydrogen (secondary N) is 1.